The SMILES string of the molecule is CCc1ccc(C(=O)NNC(=O)CNC(=O)c2ccccc2F)cc1. The molecule has 0 bridgehead atoms. The number of carbonyl (C=O) groups excluding carboxylic acids is 3. The van der Waals surface area contributed by atoms with Gasteiger partial charge in [0, 0.05) is 5.56 Å². The quantitative estimate of drug-likeness (QED) is 0.720. The molecular weight excluding hydrogens is 325 g/mol. The van der Waals surface area contributed by atoms with E-state index >= 15 is 0 Å². The summed E-state index contributed by atoms with van der Waals surface area (Å²) < 4.78 is 13.4. The van der Waals surface area contributed by atoms with Crippen molar-refractivity contribution in [3.63, 3.8) is 0 Å². The van der Waals surface area contributed by atoms with Crippen LogP contribution in [0.25, 0.3) is 0 Å². The van der Waals surface area contributed by atoms with Gasteiger partial charge < -0.3 is 5.32 Å². The molecular formula is C18H18FN3O3. The van der Waals surface area contributed by atoms with Gasteiger partial charge in [0.2, 0.25) is 0 Å². The maximum Gasteiger partial charge on any atom is 0.269 e. The summed E-state index contributed by atoms with van der Waals surface area (Å²) in [6, 6.07) is 12.4. The predicted molar refractivity (Wildman–Crippen MR) is 90.2 cm³/mol. The van der Waals surface area contributed by atoms with Gasteiger partial charge in [0.05, 0.1) is 12.1 Å². The fraction of sp³-hybridized carbons (Fsp3) is 0.167. The lowest BCUT2D eigenvalue weighted by atomic mass is 10.1. The highest BCUT2D eigenvalue weighted by Gasteiger charge is 2.12. The van der Waals surface area contributed by atoms with Gasteiger partial charge in [-0.3, -0.25) is 25.2 Å². The van der Waals surface area contributed by atoms with Crippen molar-refractivity contribution in [3.05, 3.63) is 71.0 Å². The van der Waals surface area contributed by atoms with Crippen LogP contribution in [-0.2, 0) is 11.2 Å². The zero-order valence-electron chi connectivity index (χ0n) is 13.6. The molecule has 6 nitrogen and oxygen atoms in total. The average Bonchev–Trinajstić information content (AvgIpc) is 2.64. The lowest BCUT2D eigenvalue weighted by molar-refractivity contribution is -0.120. The number of aryl methyl sites for hydroxylation is 1. The minimum absolute atomic E-state index is 0.157. The van der Waals surface area contributed by atoms with Gasteiger partial charge in [0.25, 0.3) is 17.7 Å². The van der Waals surface area contributed by atoms with Crippen LogP contribution in [0.2, 0.25) is 0 Å². The summed E-state index contributed by atoms with van der Waals surface area (Å²) in [6.07, 6.45) is 0.861. The minimum atomic E-state index is -0.713. The Morgan fingerprint density at radius 1 is 0.920 bits per heavy atom. The average molecular weight is 343 g/mol. The normalized spacial score (nSPS) is 10.0. The first-order valence-electron chi connectivity index (χ1n) is 7.72. The van der Waals surface area contributed by atoms with Crippen molar-refractivity contribution < 1.29 is 18.8 Å². The molecule has 0 aromatic heterocycles. The maximum absolute atomic E-state index is 13.4. The van der Waals surface area contributed by atoms with E-state index in [1.807, 2.05) is 19.1 Å². The van der Waals surface area contributed by atoms with Crippen molar-refractivity contribution in [2.75, 3.05) is 6.54 Å². The van der Waals surface area contributed by atoms with E-state index in [9.17, 15) is 18.8 Å². The maximum atomic E-state index is 13.4. The Bertz CT molecular complexity index is 775. The molecule has 0 spiro atoms. The molecule has 2 aromatic carbocycles. The largest absolute Gasteiger partial charge is 0.343 e. The number of carbonyl (C=O) groups is 3. The summed E-state index contributed by atoms with van der Waals surface area (Å²) in [5.74, 6) is -2.50. The first-order valence-corrected chi connectivity index (χ1v) is 7.72. The Labute approximate surface area is 144 Å². The topological polar surface area (TPSA) is 87.3 Å². The van der Waals surface area contributed by atoms with Crippen LogP contribution >= 0.6 is 0 Å². The molecule has 0 radical (unpaired) electrons. The first-order chi connectivity index (χ1) is 12.0. The van der Waals surface area contributed by atoms with Crippen LogP contribution in [0.5, 0.6) is 0 Å². The van der Waals surface area contributed by atoms with E-state index in [-0.39, 0.29) is 5.56 Å². The predicted octanol–water partition coefficient (Wildman–Crippen LogP) is 1.58. The Kier molecular flexibility index (Phi) is 6.22. The van der Waals surface area contributed by atoms with Gasteiger partial charge in [0.1, 0.15) is 5.82 Å². The Balaban J connectivity index is 1.79. The molecule has 0 aliphatic rings. The van der Waals surface area contributed by atoms with Crippen molar-refractivity contribution in [3.8, 4) is 0 Å². The van der Waals surface area contributed by atoms with E-state index in [0.717, 1.165) is 18.1 Å². The zero-order chi connectivity index (χ0) is 18.2. The van der Waals surface area contributed by atoms with Gasteiger partial charge in [-0.2, -0.15) is 0 Å². The van der Waals surface area contributed by atoms with E-state index in [1.165, 1.54) is 18.2 Å². The van der Waals surface area contributed by atoms with Crippen LogP contribution in [0.3, 0.4) is 0 Å². The third-order valence-electron chi connectivity index (χ3n) is 3.47. The second-order valence-corrected chi connectivity index (χ2v) is 5.22. The highest BCUT2D eigenvalue weighted by Crippen LogP contribution is 2.06. The number of hydrogen-bond acceptors (Lipinski definition) is 3. The first kappa shape index (κ1) is 18.1. The fourth-order valence-electron chi connectivity index (χ4n) is 2.04. The highest BCUT2D eigenvalue weighted by atomic mass is 19.1. The van der Waals surface area contributed by atoms with Gasteiger partial charge >= 0.3 is 0 Å². The molecule has 3 amide bonds. The Morgan fingerprint density at radius 2 is 1.60 bits per heavy atom. The molecule has 0 heterocycles. The van der Waals surface area contributed by atoms with Crippen molar-refractivity contribution in [2.24, 2.45) is 0 Å². The zero-order valence-corrected chi connectivity index (χ0v) is 13.6. The number of hydrazine groups is 1. The Morgan fingerprint density at radius 3 is 2.24 bits per heavy atom. The van der Waals surface area contributed by atoms with Crippen LogP contribution in [0, 0.1) is 5.82 Å². The number of hydrogen-bond donors (Lipinski definition) is 3. The summed E-state index contributed by atoms with van der Waals surface area (Å²) in [7, 11) is 0. The number of rotatable bonds is 5. The Hall–Kier alpha value is -3.22. The van der Waals surface area contributed by atoms with Gasteiger partial charge in [-0.25, -0.2) is 4.39 Å². The van der Waals surface area contributed by atoms with Gasteiger partial charge in [-0.15, -0.1) is 0 Å². The highest BCUT2D eigenvalue weighted by molar-refractivity contribution is 5.98. The molecule has 3 N–H and O–H groups in total. The molecule has 0 aliphatic heterocycles. The summed E-state index contributed by atoms with van der Waals surface area (Å²) in [5, 5.41) is 2.28. The van der Waals surface area contributed by atoms with Crippen molar-refractivity contribution in [1.82, 2.24) is 16.2 Å². The van der Waals surface area contributed by atoms with Crippen LogP contribution in [0.1, 0.15) is 33.2 Å². The standard InChI is InChI=1S/C18H18FN3O3/c1-2-12-7-9-13(10-8-12)17(24)22-21-16(23)11-20-18(25)14-5-3-4-6-15(14)19/h3-10H,2,11H2,1H3,(H,20,25)(H,21,23)(H,22,24). The van der Waals surface area contributed by atoms with Gasteiger partial charge in [0.15, 0.2) is 0 Å². The third kappa shape index (κ3) is 5.13. The van der Waals surface area contributed by atoms with Crippen LogP contribution < -0.4 is 16.2 Å². The summed E-state index contributed by atoms with van der Waals surface area (Å²) in [6.45, 7) is 1.60. The van der Waals surface area contributed by atoms with Crippen LogP contribution in [0.15, 0.2) is 48.5 Å². The summed E-state index contributed by atoms with van der Waals surface area (Å²) in [4.78, 5) is 35.3. The number of halogens is 1. The number of benzene rings is 2. The van der Waals surface area contributed by atoms with E-state index in [1.54, 1.807) is 12.1 Å². The fourth-order valence-corrected chi connectivity index (χ4v) is 2.04. The number of nitrogens with one attached hydrogen (secondary N) is 3. The molecule has 0 atom stereocenters. The second kappa shape index (κ2) is 8.58. The second-order valence-electron chi connectivity index (χ2n) is 5.22. The van der Waals surface area contributed by atoms with E-state index in [2.05, 4.69) is 16.2 Å². The molecule has 2 aromatic rings. The summed E-state index contributed by atoms with van der Waals surface area (Å²) >= 11 is 0. The molecule has 25 heavy (non-hydrogen) atoms. The molecule has 0 aliphatic carbocycles. The summed E-state index contributed by atoms with van der Waals surface area (Å²) in [5.41, 5.74) is 5.76. The lowest BCUT2D eigenvalue weighted by Gasteiger charge is -2.09. The molecule has 7 heteroatoms. The smallest absolute Gasteiger partial charge is 0.269 e. The minimum Gasteiger partial charge on any atom is -0.343 e. The molecule has 0 fully saturated rings. The molecule has 2 rings (SSSR count). The third-order valence-corrected chi connectivity index (χ3v) is 3.47. The van der Waals surface area contributed by atoms with Gasteiger partial charge in [-0.1, -0.05) is 31.2 Å². The molecule has 130 valence electrons. The van der Waals surface area contributed by atoms with Crippen LogP contribution in [0.4, 0.5) is 4.39 Å². The van der Waals surface area contributed by atoms with Crippen molar-refractivity contribution in [1.29, 1.82) is 0 Å². The van der Waals surface area contributed by atoms with E-state index in [0.29, 0.717) is 5.56 Å². The van der Waals surface area contributed by atoms with E-state index in [4.69, 9.17) is 0 Å². The molecule has 0 saturated heterocycles. The van der Waals surface area contributed by atoms with Crippen molar-refractivity contribution in [2.45, 2.75) is 13.3 Å². The van der Waals surface area contributed by atoms with Crippen LogP contribution in [-0.4, -0.2) is 24.3 Å². The van der Waals surface area contributed by atoms with E-state index < -0.39 is 30.1 Å². The monoisotopic (exact) mass is 343 g/mol. The van der Waals surface area contributed by atoms with Gasteiger partial charge in [-0.05, 0) is 36.2 Å². The molecule has 0 unspecified atom stereocenters. The number of amides is 3. The molecule has 0 saturated carbocycles. The van der Waals surface area contributed by atoms with Crippen molar-refractivity contribution >= 4 is 17.7 Å². The lowest BCUT2D eigenvalue weighted by Crippen LogP contribution is -2.46.